The van der Waals surface area contributed by atoms with E-state index in [2.05, 4.69) is 4.98 Å². The third-order valence-electron chi connectivity index (χ3n) is 2.93. The molecule has 7 N–H and O–H groups in total. The van der Waals surface area contributed by atoms with Gasteiger partial charge in [0.2, 0.25) is 0 Å². The molecule has 0 bridgehead atoms. The standard InChI is InChI=1S/C15H17N5/c16-8-13(9-17)12-3-1-2-10(5-12)4-11-6-14(18)20-15(19)7-11/h1-3,5-9,16H,4,17H2,(H4,18,19,20)/b13-9+,16-8?. The fraction of sp³-hybridized carbons (Fsp3) is 0.0667. The van der Waals surface area contributed by atoms with Gasteiger partial charge >= 0.3 is 0 Å². The smallest absolute Gasteiger partial charge is 0.126 e. The average Bonchev–Trinajstić information content (AvgIpc) is 2.39. The first kappa shape index (κ1) is 13.6. The maximum atomic E-state index is 7.33. The lowest BCUT2D eigenvalue weighted by Gasteiger charge is -2.07. The maximum Gasteiger partial charge on any atom is 0.126 e. The van der Waals surface area contributed by atoms with Crippen LogP contribution in [0.2, 0.25) is 0 Å². The van der Waals surface area contributed by atoms with Gasteiger partial charge in [0.1, 0.15) is 11.6 Å². The van der Waals surface area contributed by atoms with Crippen LogP contribution in [0.1, 0.15) is 16.7 Å². The molecule has 5 heteroatoms. The quantitative estimate of drug-likeness (QED) is 0.632. The lowest BCUT2D eigenvalue weighted by Crippen LogP contribution is -1.99. The molecule has 0 atom stereocenters. The minimum Gasteiger partial charge on any atom is -0.404 e. The highest BCUT2D eigenvalue weighted by molar-refractivity contribution is 6.08. The van der Waals surface area contributed by atoms with E-state index in [1.54, 1.807) is 12.1 Å². The second-order valence-corrected chi connectivity index (χ2v) is 4.47. The fourth-order valence-corrected chi connectivity index (χ4v) is 2.06. The zero-order valence-electron chi connectivity index (χ0n) is 11.0. The van der Waals surface area contributed by atoms with Crippen molar-refractivity contribution in [1.29, 1.82) is 5.41 Å². The third kappa shape index (κ3) is 3.14. The van der Waals surface area contributed by atoms with Gasteiger partial charge in [-0.05, 0) is 35.2 Å². The Morgan fingerprint density at radius 1 is 1.10 bits per heavy atom. The van der Waals surface area contributed by atoms with Gasteiger partial charge in [0.15, 0.2) is 0 Å². The van der Waals surface area contributed by atoms with Crippen LogP contribution in [0.3, 0.4) is 0 Å². The van der Waals surface area contributed by atoms with E-state index in [-0.39, 0.29) is 0 Å². The van der Waals surface area contributed by atoms with E-state index in [0.29, 0.717) is 23.6 Å². The summed E-state index contributed by atoms with van der Waals surface area (Å²) in [5, 5.41) is 7.33. The molecule has 102 valence electrons. The van der Waals surface area contributed by atoms with Crippen LogP contribution < -0.4 is 17.2 Å². The molecule has 0 unspecified atom stereocenters. The summed E-state index contributed by atoms with van der Waals surface area (Å²) >= 11 is 0. The molecule has 0 fully saturated rings. The Labute approximate surface area is 117 Å². The van der Waals surface area contributed by atoms with Crippen molar-refractivity contribution in [1.82, 2.24) is 4.98 Å². The van der Waals surface area contributed by atoms with Gasteiger partial charge in [-0.25, -0.2) is 4.98 Å². The molecule has 0 aliphatic carbocycles. The molecule has 0 saturated carbocycles. The molecule has 0 aliphatic heterocycles. The van der Waals surface area contributed by atoms with Gasteiger partial charge < -0.3 is 22.6 Å². The van der Waals surface area contributed by atoms with Crippen molar-refractivity contribution in [3.63, 3.8) is 0 Å². The van der Waals surface area contributed by atoms with Crippen molar-refractivity contribution in [2.75, 3.05) is 11.5 Å². The van der Waals surface area contributed by atoms with Gasteiger partial charge in [-0.15, -0.1) is 0 Å². The average molecular weight is 267 g/mol. The summed E-state index contributed by atoms with van der Waals surface area (Å²) in [6, 6.07) is 11.5. The monoisotopic (exact) mass is 267 g/mol. The van der Waals surface area contributed by atoms with E-state index in [1.807, 2.05) is 24.3 Å². The Hall–Kier alpha value is -2.82. The number of nitrogens with two attached hydrogens (primary N) is 3. The number of hydrogen-bond acceptors (Lipinski definition) is 5. The molecule has 0 radical (unpaired) electrons. The predicted molar refractivity (Wildman–Crippen MR) is 83.3 cm³/mol. The van der Waals surface area contributed by atoms with Crippen LogP contribution in [0.25, 0.3) is 5.57 Å². The molecule has 2 rings (SSSR count). The van der Waals surface area contributed by atoms with E-state index >= 15 is 0 Å². The summed E-state index contributed by atoms with van der Waals surface area (Å²) in [6.07, 6.45) is 3.36. The number of anilines is 2. The number of benzene rings is 1. The zero-order valence-corrected chi connectivity index (χ0v) is 11.0. The van der Waals surface area contributed by atoms with E-state index in [4.69, 9.17) is 22.6 Å². The number of aromatic nitrogens is 1. The molecular formula is C15H17N5. The zero-order chi connectivity index (χ0) is 14.5. The Morgan fingerprint density at radius 2 is 1.80 bits per heavy atom. The molecule has 0 aliphatic rings. The fourth-order valence-electron chi connectivity index (χ4n) is 2.06. The van der Waals surface area contributed by atoms with Crippen molar-refractivity contribution in [2.24, 2.45) is 5.73 Å². The molecule has 2 aromatic rings. The summed E-state index contributed by atoms with van der Waals surface area (Å²) < 4.78 is 0. The Balaban J connectivity index is 2.30. The number of hydrogen-bond donors (Lipinski definition) is 4. The van der Waals surface area contributed by atoms with Gasteiger partial charge in [-0.1, -0.05) is 24.3 Å². The summed E-state index contributed by atoms with van der Waals surface area (Å²) in [5.41, 5.74) is 20.6. The lowest BCUT2D eigenvalue weighted by atomic mass is 10.0. The molecule has 0 spiro atoms. The normalized spacial score (nSPS) is 11.3. The van der Waals surface area contributed by atoms with E-state index in [0.717, 1.165) is 16.7 Å². The molecule has 1 aromatic heterocycles. The highest BCUT2D eigenvalue weighted by Gasteiger charge is 2.03. The van der Waals surface area contributed by atoms with E-state index < -0.39 is 0 Å². The van der Waals surface area contributed by atoms with Gasteiger partial charge in [0.25, 0.3) is 0 Å². The van der Waals surface area contributed by atoms with Crippen LogP contribution in [0.5, 0.6) is 0 Å². The first-order chi connectivity index (χ1) is 9.62. The van der Waals surface area contributed by atoms with Gasteiger partial charge in [-0.2, -0.15) is 0 Å². The number of nitrogen functional groups attached to an aromatic ring is 2. The minimum absolute atomic E-state index is 0.415. The largest absolute Gasteiger partial charge is 0.404 e. The van der Waals surface area contributed by atoms with Crippen LogP contribution in [-0.4, -0.2) is 11.2 Å². The molecule has 20 heavy (non-hydrogen) atoms. The molecular weight excluding hydrogens is 250 g/mol. The molecule has 1 aromatic carbocycles. The van der Waals surface area contributed by atoms with Crippen molar-refractivity contribution in [3.8, 4) is 0 Å². The van der Waals surface area contributed by atoms with Crippen LogP contribution in [-0.2, 0) is 6.42 Å². The van der Waals surface area contributed by atoms with Crippen LogP contribution >= 0.6 is 0 Å². The second-order valence-electron chi connectivity index (χ2n) is 4.47. The summed E-state index contributed by atoms with van der Waals surface area (Å²) in [6.45, 7) is 0. The number of nitrogens with zero attached hydrogens (tertiary/aromatic N) is 1. The molecule has 5 nitrogen and oxygen atoms in total. The minimum atomic E-state index is 0.415. The Bertz CT molecular complexity index is 641. The van der Waals surface area contributed by atoms with Crippen molar-refractivity contribution >= 4 is 23.4 Å². The van der Waals surface area contributed by atoms with Crippen molar-refractivity contribution in [3.05, 3.63) is 59.3 Å². The van der Waals surface area contributed by atoms with Crippen LogP contribution in [0.15, 0.2) is 42.6 Å². The number of rotatable bonds is 4. The number of pyridine rings is 1. The number of nitrogens with one attached hydrogen (secondary N) is 1. The van der Waals surface area contributed by atoms with Crippen LogP contribution in [0, 0.1) is 5.41 Å². The third-order valence-corrected chi connectivity index (χ3v) is 2.93. The SMILES string of the molecule is N=C/C(=C\N)c1cccc(Cc2cc(N)nc(N)c2)c1. The molecule has 0 saturated heterocycles. The first-order valence-electron chi connectivity index (χ1n) is 6.16. The Kier molecular flexibility index (Phi) is 4.00. The Morgan fingerprint density at radius 3 is 2.40 bits per heavy atom. The summed E-state index contributed by atoms with van der Waals surface area (Å²) in [5.74, 6) is 0.830. The summed E-state index contributed by atoms with van der Waals surface area (Å²) in [4.78, 5) is 3.95. The molecule has 1 heterocycles. The topological polar surface area (TPSA) is 115 Å². The highest BCUT2D eigenvalue weighted by atomic mass is 14.9. The predicted octanol–water partition coefficient (Wildman–Crippen LogP) is 1.79. The van der Waals surface area contributed by atoms with E-state index in [1.165, 1.54) is 12.4 Å². The lowest BCUT2D eigenvalue weighted by molar-refractivity contribution is 1.17. The van der Waals surface area contributed by atoms with Gasteiger partial charge in [-0.3, -0.25) is 0 Å². The molecule has 0 amide bonds. The van der Waals surface area contributed by atoms with E-state index in [9.17, 15) is 0 Å². The van der Waals surface area contributed by atoms with Crippen molar-refractivity contribution < 1.29 is 0 Å². The van der Waals surface area contributed by atoms with Gasteiger partial charge in [0.05, 0.1) is 0 Å². The van der Waals surface area contributed by atoms with Crippen molar-refractivity contribution in [2.45, 2.75) is 6.42 Å². The summed E-state index contributed by atoms with van der Waals surface area (Å²) in [7, 11) is 0. The first-order valence-corrected chi connectivity index (χ1v) is 6.16. The van der Waals surface area contributed by atoms with Crippen LogP contribution in [0.4, 0.5) is 11.6 Å². The van der Waals surface area contributed by atoms with Gasteiger partial charge in [0, 0.05) is 18.0 Å². The second kappa shape index (κ2) is 5.88. The highest BCUT2D eigenvalue weighted by Crippen LogP contribution is 2.18. The number of allylic oxidation sites excluding steroid dienone is 1. The maximum absolute atomic E-state index is 7.33.